The zero-order valence-corrected chi connectivity index (χ0v) is 16.0. The third-order valence-corrected chi connectivity index (χ3v) is 5.63. The van der Waals surface area contributed by atoms with E-state index in [1.54, 1.807) is 0 Å². The van der Waals surface area contributed by atoms with Crippen LogP contribution in [0.5, 0.6) is 0 Å². The normalized spacial score (nSPS) is 13.7. The van der Waals surface area contributed by atoms with Gasteiger partial charge in [0.25, 0.3) is 0 Å². The SMILES string of the molecule is CC[N+](CC)(CC)C(C#N)c1cc(SC(C)(C)C)ccc1C. The van der Waals surface area contributed by atoms with Crippen molar-refractivity contribution in [1.82, 2.24) is 0 Å². The molecule has 0 aliphatic rings. The zero-order chi connectivity index (χ0) is 17.0. The van der Waals surface area contributed by atoms with Crippen molar-refractivity contribution in [1.29, 1.82) is 5.26 Å². The molecule has 0 aliphatic heterocycles. The monoisotopic (exact) mass is 319 g/mol. The Balaban J connectivity index is 3.33. The fraction of sp³-hybridized carbons (Fsp3) is 0.632. The van der Waals surface area contributed by atoms with Gasteiger partial charge in [0.15, 0.2) is 0 Å². The molecule has 0 aromatic heterocycles. The maximum atomic E-state index is 9.88. The fourth-order valence-corrected chi connectivity index (χ4v) is 4.06. The first-order valence-corrected chi connectivity index (χ1v) is 9.09. The number of benzene rings is 1. The summed E-state index contributed by atoms with van der Waals surface area (Å²) in [7, 11) is 0. The summed E-state index contributed by atoms with van der Waals surface area (Å²) in [6.07, 6.45) is 0. The molecule has 0 bridgehead atoms. The highest BCUT2D eigenvalue weighted by atomic mass is 32.2. The highest BCUT2D eigenvalue weighted by Crippen LogP contribution is 2.36. The van der Waals surface area contributed by atoms with Crippen LogP contribution in [-0.2, 0) is 0 Å². The summed E-state index contributed by atoms with van der Waals surface area (Å²) in [5, 5.41) is 9.88. The highest BCUT2D eigenvalue weighted by molar-refractivity contribution is 8.00. The van der Waals surface area contributed by atoms with Gasteiger partial charge in [-0.3, -0.25) is 0 Å². The molecule has 122 valence electrons. The standard InChI is InChI=1S/C19H31N2S/c1-8-21(9-2,10-3)18(14-20)17-13-16(12-11-15(17)4)22-19(5,6)7/h11-13,18H,8-10H2,1-7H3/q+1. The van der Waals surface area contributed by atoms with E-state index in [0.29, 0.717) is 0 Å². The number of nitriles is 1. The summed E-state index contributed by atoms with van der Waals surface area (Å²) in [5.41, 5.74) is 2.42. The predicted octanol–water partition coefficient (Wildman–Crippen LogP) is 5.33. The van der Waals surface area contributed by atoms with E-state index in [1.165, 1.54) is 16.0 Å². The van der Waals surface area contributed by atoms with Crippen LogP contribution >= 0.6 is 11.8 Å². The lowest BCUT2D eigenvalue weighted by molar-refractivity contribution is -0.944. The van der Waals surface area contributed by atoms with Crippen LogP contribution < -0.4 is 0 Å². The molecule has 0 fully saturated rings. The van der Waals surface area contributed by atoms with Crippen LogP contribution in [-0.4, -0.2) is 28.9 Å². The van der Waals surface area contributed by atoms with Crippen molar-refractivity contribution in [3.8, 4) is 6.07 Å². The fourth-order valence-electron chi connectivity index (χ4n) is 3.04. The minimum atomic E-state index is -0.0829. The van der Waals surface area contributed by atoms with Crippen molar-refractivity contribution in [3.63, 3.8) is 0 Å². The second kappa shape index (κ2) is 7.53. The van der Waals surface area contributed by atoms with Crippen LogP contribution in [0.25, 0.3) is 0 Å². The third kappa shape index (κ3) is 4.27. The molecule has 1 aromatic rings. The van der Waals surface area contributed by atoms with Gasteiger partial charge in [-0.1, -0.05) is 26.8 Å². The minimum absolute atomic E-state index is 0.0829. The van der Waals surface area contributed by atoms with E-state index in [4.69, 9.17) is 0 Å². The quantitative estimate of drug-likeness (QED) is 0.523. The first-order chi connectivity index (χ1) is 10.2. The molecule has 0 heterocycles. The van der Waals surface area contributed by atoms with Crippen LogP contribution in [0.3, 0.4) is 0 Å². The molecule has 22 heavy (non-hydrogen) atoms. The molecule has 2 nitrogen and oxygen atoms in total. The first kappa shape index (κ1) is 19.1. The molecule has 0 amide bonds. The van der Waals surface area contributed by atoms with Crippen LogP contribution in [0, 0.1) is 18.3 Å². The highest BCUT2D eigenvalue weighted by Gasteiger charge is 2.35. The van der Waals surface area contributed by atoms with Crippen molar-refractivity contribution in [2.45, 2.75) is 64.2 Å². The Morgan fingerprint density at radius 1 is 1.14 bits per heavy atom. The van der Waals surface area contributed by atoms with Crippen molar-refractivity contribution < 1.29 is 4.48 Å². The summed E-state index contributed by atoms with van der Waals surface area (Å²) < 4.78 is 1.02. The van der Waals surface area contributed by atoms with E-state index in [9.17, 15) is 5.26 Å². The number of hydrogen-bond acceptors (Lipinski definition) is 2. The Bertz CT molecular complexity index is 525. The second-order valence-electron chi connectivity index (χ2n) is 6.93. The molecule has 0 saturated heterocycles. The third-order valence-electron chi connectivity index (χ3n) is 4.53. The summed E-state index contributed by atoms with van der Waals surface area (Å²) in [6, 6.07) is 9.12. The van der Waals surface area contributed by atoms with E-state index in [0.717, 1.165) is 24.1 Å². The van der Waals surface area contributed by atoms with Crippen molar-refractivity contribution >= 4 is 11.8 Å². The molecular weight excluding hydrogens is 288 g/mol. The van der Waals surface area contributed by atoms with Gasteiger partial charge in [0.05, 0.1) is 19.6 Å². The van der Waals surface area contributed by atoms with Crippen LogP contribution in [0.15, 0.2) is 23.1 Å². The van der Waals surface area contributed by atoms with Gasteiger partial charge in [-0.05, 0) is 45.4 Å². The average molecular weight is 320 g/mol. The lowest BCUT2D eigenvalue weighted by Crippen LogP contribution is -2.50. The molecule has 1 unspecified atom stereocenters. The first-order valence-electron chi connectivity index (χ1n) is 8.28. The lowest BCUT2D eigenvalue weighted by atomic mass is 9.98. The van der Waals surface area contributed by atoms with Crippen molar-refractivity contribution in [2.24, 2.45) is 0 Å². The smallest absolute Gasteiger partial charge is 0.202 e. The molecule has 1 atom stereocenters. The summed E-state index contributed by atoms with van der Waals surface area (Å²) in [6.45, 7) is 18.3. The number of quaternary nitrogens is 1. The topological polar surface area (TPSA) is 23.8 Å². The zero-order valence-electron chi connectivity index (χ0n) is 15.2. The van der Waals surface area contributed by atoms with E-state index < -0.39 is 0 Å². The molecule has 0 radical (unpaired) electrons. The number of hydrogen-bond donors (Lipinski definition) is 0. The Morgan fingerprint density at radius 3 is 2.09 bits per heavy atom. The number of thioether (sulfide) groups is 1. The number of rotatable bonds is 6. The van der Waals surface area contributed by atoms with Gasteiger partial charge in [-0.25, -0.2) is 0 Å². The van der Waals surface area contributed by atoms with Gasteiger partial charge in [-0.15, -0.1) is 11.8 Å². The molecular formula is C19H31N2S+. The Kier molecular flexibility index (Phi) is 6.52. The molecule has 0 spiro atoms. The summed E-state index contributed by atoms with van der Waals surface area (Å²) in [4.78, 5) is 1.26. The molecule has 0 saturated carbocycles. The Labute approximate surface area is 141 Å². The molecule has 1 rings (SSSR count). The lowest BCUT2D eigenvalue weighted by Gasteiger charge is -2.40. The van der Waals surface area contributed by atoms with Gasteiger partial charge in [-0.2, -0.15) is 5.26 Å². The van der Waals surface area contributed by atoms with Crippen molar-refractivity contribution in [3.05, 3.63) is 29.3 Å². The van der Waals surface area contributed by atoms with Crippen LogP contribution in [0.1, 0.15) is 58.7 Å². The predicted molar refractivity (Wildman–Crippen MR) is 97.0 cm³/mol. The Hall–Kier alpha value is -0.980. The van der Waals surface area contributed by atoms with E-state index >= 15 is 0 Å². The Morgan fingerprint density at radius 2 is 1.68 bits per heavy atom. The summed E-state index contributed by atoms with van der Waals surface area (Å²) in [5.74, 6) is 0. The van der Waals surface area contributed by atoms with Gasteiger partial charge in [0.1, 0.15) is 6.07 Å². The number of aryl methyl sites for hydroxylation is 1. The van der Waals surface area contributed by atoms with Crippen LogP contribution in [0.4, 0.5) is 0 Å². The largest absolute Gasteiger partial charge is 0.306 e. The van der Waals surface area contributed by atoms with E-state index in [-0.39, 0.29) is 10.8 Å². The van der Waals surface area contributed by atoms with Gasteiger partial charge in [0, 0.05) is 15.2 Å². The van der Waals surface area contributed by atoms with E-state index in [2.05, 4.69) is 72.7 Å². The van der Waals surface area contributed by atoms with Crippen LogP contribution in [0.2, 0.25) is 0 Å². The average Bonchev–Trinajstić information content (AvgIpc) is 2.46. The number of nitrogens with zero attached hydrogens (tertiary/aromatic N) is 2. The molecule has 0 aliphatic carbocycles. The molecule has 1 aromatic carbocycles. The van der Waals surface area contributed by atoms with Gasteiger partial charge >= 0.3 is 0 Å². The summed E-state index contributed by atoms with van der Waals surface area (Å²) >= 11 is 1.87. The minimum Gasteiger partial charge on any atom is -0.306 e. The second-order valence-corrected chi connectivity index (χ2v) is 8.83. The molecule has 3 heteroatoms. The van der Waals surface area contributed by atoms with Crippen molar-refractivity contribution in [2.75, 3.05) is 19.6 Å². The molecule has 0 N–H and O–H groups in total. The maximum Gasteiger partial charge on any atom is 0.202 e. The van der Waals surface area contributed by atoms with Gasteiger partial charge in [0.2, 0.25) is 6.04 Å². The van der Waals surface area contributed by atoms with E-state index in [1.807, 2.05) is 11.8 Å². The van der Waals surface area contributed by atoms with Gasteiger partial charge < -0.3 is 4.48 Å². The maximum absolute atomic E-state index is 9.88.